The van der Waals surface area contributed by atoms with E-state index in [-0.39, 0.29) is 17.4 Å². The Morgan fingerprint density at radius 1 is 1.35 bits per heavy atom. The Bertz CT molecular complexity index is 440. The first-order valence-corrected chi connectivity index (χ1v) is 4.30. The fraction of sp³-hybridized carbons (Fsp3) is 0.200. The molecule has 1 aromatic rings. The summed E-state index contributed by atoms with van der Waals surface area (Å²) in [7, 11) is 1.11. The van der Waals surface area contributed by atoms with Crippen molar-refractivity contribution in [1.29, 1.82) is 0 Å². The van der Waals surface area contributed by atoms with Crippen molar-refractivity contribution in [2.45, 2.75) is 6.36 Å². The van der Waals surface area contributed by atoms with Crippen LogP contribution < -0.4 is 4.74 Å². The molecule has 0 aliphatic heterocycles. The molecule has 0 fully saturated rings. The maximum absolute atomic E-state index is 12.0. The summed E-state index contributed by atoms with van der Waals surface area (Å²) in [5.41, 5.74) is -0.422. The highest BCUT2D eigenvalue weighted by Gasteiger charge is 2.32. The molecule has 0 saturated carbocycles. The Morgan fingerprint density at radius 2 is 2.00 bits per heavy atom. The molecule has 0 aromatic heterocycles. The fourth-order valence-corrected chi connectivity index (χ4v) is 1.10. The SMILES string of the molecule is COC(=O)c1ccc(OC(F)(F)F)c(C=O)c1. The summed E-state index contributed by atoms with van der Waals surface area (Å²) >= 11 is 0. The quantitative estimate of drug-likeness (QED) is 0.607. The van der Waals surface area contributed by atoms with Gasteiger partial charge in [0.05, 0.1) is 18.2 Å². The molecule has 0 aliphatic rings. The summed E-state index contributed by atoms with van der Waals surface area (Å²) in [5.74, 6) is -1.42. The molecule has 1 aromatic carbocycles. The van der Waals surface area contributed by atoms with Crippen LogP contribution >= 0.6 is 0 Å². The zero-order valence-corrected chi connectivity index (χ0v) is 8.58. The van der Waals surface area contributed by atoms with Crippen molar-refractivity contribution < 1.29 is 32.2 Å². The van der Waals surface area contributed by atoms with E-state index in [1.165, 1.54) is 0 Å². The van der Waals surface area contributed by atoms with Gasteiger partial charge in [0, 0.05) is 0 Å². The minimum absolute atomic E-state index is 0.0378. The predicted octanol–water partition coefficient (Wildman–Crippen LogP) is 2.18. The van der Waals surface area contributed by atoms with Gasteiger partial charge in [-0.15, -0.1) is 13.2 Å². The number of hydrogen-bond donors (Lipinski definition) is 0. The van der Waals surface area contributed by atoms with Crippen LogP contribution in [0.25, 0.3) is 0 Å². The molecule has 92 valence electrons. The van der Waals surface area contributed by atoms with E-state index in [0.29, 0.717) is 0 Å². The number of alkyl halides is 3. The summed E-state index contributed by atoms with van der Waals surface area (Å²) in [6.45, 7) is 0. The lowest BCUT2D eigenvalue weighted by atomic mass is 10.1. The Labute approximate surface area is 93.9 Å². The zero-order valence-electron chi connectivity index (χ0n) is 8.58. The van der Waals surface area contributed by atoms with Crippen molar-refractivity contribution in [2.75, 3.05) is 7.11 Å². The van der Waals surface area contributed by atoms with Crippen LogP contribution in [-0.2, 0) is 4.74 Å². The van der Waals surface area contributed by atoms with Gasteiger partial charge in [-0.2, -0.15) is 0 Å². The molecule has 1 rings (SSSR count). The molecular weight excluding hydrogens is 241 g/mol. The van der Waals surface area contributed by atoms with E-state index in [9.17, 15) is 22.8 Å². The molecule has 17 heavy (non-hydrogen) atoms. The number of carbonyl (C=O) groups excluding carboxylic acids is 2. The number of benzene rings is 1. The number of halogens is 3. The zero-order chi connectivity index (χ0) is 13.1. The second-order valence-electron chi connectivity index (χ2n) is 2.91. The standard InChI is InChI=1S/C10H7F3O4/c1-16-9(15)6-2-3-8(7(4-6)5-14)17-10(11,12)13/h2-5H,1H3. The molecule has 0 spiro atoms. The number of methoxy groups -OCH3 is 1. The monoisotopic (exact) mass is 248 g/mol. The molecule has 7 heteroatoms. The van der Waals surface area contributed by atoms with Gasteiger partial charge in [-0.05, 0) is 18.2 Å². The van der Waals surface area contributed by atoms with Gasteiger partial charge in [0.15, 0.2) is 6.29 Å². The van der Waals surface area contributed by atoms with Crippen LogP contribution in [0.4, 0.5) is 13.2 Å². The largest absolute Gasteiger partial charge is 0.573 e. The number of rotatable bonds is 3. The normalized spacial score (nSPS) is 10.8. The molecule has 0 unspecified atom stereocenters. The minimum Gasteiger partial charge on any atom is -0.465 e. The maximum Gasteiger partial charge on any atom is 0.573 e. The summed E-state index contributed by atoms with van der Waals surface area (Å²) in [4.78, 5) is 21.7. The van der Waals surface area contributed by atoms with Crippen molar-refractivity contribution in [1.82, 2.24) is 0 Å². The number of hydrogen-bond acceptors (Lipinski definition) is 4. The van der Waals surface area contributed by atoms with E-state index in [4.69, 9.17) is 0 Å². The van der Waals surface area contributed by atoms with Crippen LogP contribution in [0.2, 0.25) is 0 Å². The van der Waals surface area contributed by atoms with Gasteiger partial charge >= 0.3 is 12.3 Å². The molecule has 0 heterocycles. The van der Waals surface area contributed by atoms with Crippen LogP contribution in [-0.4, -0.2) is 25.7 Å². The summed E-state index contributed by atoms with van der Waals surface area (Å²) in [5, 5.41) is 0. The fourth-order valence-electron chi connectivity index (χ4n) is 1.10. The first kappa shape index (κ1) is 13.0. The van der Waals surface area contributed by atoms with Crippen molar-refractivity contribution in [3.05, 3.63) is 29.3 Å². The number of ether oxygens (including phenoxy) is 2. The average Bonchev–Trinajstić information content (AvgIpc) is 2.26. The third-order valence-electron chi connectivity index (χ3n) is 1.78. The first-order chi connectivity index (χ1) is 7.87. The molecule has 4 nitrogen and oxygen atoms in total. The van der Waals surface area contributed by atoms with Gasteiger partial charge in [-0.25, -0.2) is 4.79 Å². The van der Waals surface area contributed by atoms with E-state index in [2.05, 4.69) is 9.47 Å². The Kier molecular flexibility index (Phi) is 3.72. The van der Waals surface area contributed by atoms with E-state index < -0.39 is 18.1 Å². The second kappa shape index (κ2) is 4.86. The second-order valence-corrected chi connectivity index (χ2v) is 2.91. The smallest absolute Gasteiger partial charge is 0.465 e. The van der Waals surface area contributed by atoms with Gasteiger partial charge in [-0.1, -0.05) is 0 Å². The van der Waals surface area contributed by atoms with Gasteiger partial charge in [0.1, 0.15) is 5.75 Å². The number of esters is 1. The molecule has 0 atom stereocenters. The molecule has 0 N–H and O–H groups in total. The molecule has 0 radical (unpaired) electrons. The molecular formula is C10H7F3O4. The van der Waals surface area contributed by atoms with Crippen molar-refractivity contribution in [3.8, 4) is 5.75 Å². The summed E-state index contributed by atoms with van der Waals surface area (Å²) in [6, 6.07) is 2.91. The van der Waals surface area contributed by atoms with E-state index in [1.807, 2.05) is 0 Å². The van der Waals surface area contributed by atoms with E-state index in [0.717, 1.165) is 25.3 Å². The van der Waals surface area contributed by atoms with Gasteiger partial charge in [0.25, 0.3) is 0 Å². The third-order valence-corrected chi connectivity index (χ3v) is 1.78. The van der Waals surface area contributed by atoms with Crippen LogP contribution in [0.5, 0.6) is 5.75 Å². The first-order valence-electron chi connectivity index (χ1n) is 4.30. The lowest BCUT2D eigenvalue weighted by Gasteiger charge is -2.11. The van der Waals surface area contributed by atoms with Crippen molar-refractivity contribution in [3.63, 3.8) is 0 Å². The molecule has 0 bridgehead atoms. The van der Waals surface area contributed by atoms with E-state index in [1.54, 1.807) is 0 Å². The lowest BCUT2D eigenvalue weighted by Crippen LogP contribution is -2.18. The Morgan fingerprint density at radius 3 is 2.47 bits per heavy atom. The van der Waals surface area contributed by atoms with Crippen LogP contribution in [0.1, 0.15) is 20.7 Å². The highest BCUT2D eigenvalue weighted by Crippen LogP contribution is 2.26. The molecule has 0 amide bonds. The predicted molar refractivity (Wildman–Crippen MR) is 49.9 cm³/mol. The Hall–Kier alpha value is -2.05. The van der Waals surface area contributed by atoms with Crippen LogP contribution in [0, 0.1) is 0 Å². The topological polar surface area (TPSA) is 52.6 Å². The van der Waals surface area contributed by atoms with Gasteiger partial charge < -0.3 is 9.47 Å². The average molecular weight is 248 g/mol. The third kappa shape index (κ3) is 3.47. The van der Waals surface area contributed by atoms with Crippen LogP contribution in [0.15, 0.2) is 18.2 Å². The number of aldehydes is 1. The van der Waals surface area contributed by atoms with Gasteiger partial charge in [-0.3, -0.25) is 4.79 Å². The van der Waals surface area contributed by atoms with E-state index >= 15 is 0 Å². The van der Waals surface area contributed by atoms with Crippen LogP contribution in [0.3, 0.4) is 0 Å². The summed E-state index contributed by atoms with van der Waals surface area (Å²) in [6.07, 6.45) is -4.74. The maximum atomic E-state index is 12.0. The molecule has 0 saturated heterocycles. The van der Waals surface area contributed by atoms with Gasteiger partial charge in [0.2, 0.25) is 0 Å². The number of carbonyl (C=O) groups is 2. The molecule has 0 aliphatic carbocycles. The minimum atomic E-state index is -4.90. The Balaban J connectivity index is 3.10. The highest BCUT2D eigenvalue weighted by molar-refractivity contribution is 5.92. The van der Waals surface area contributed by atoms with Crippen molar-refractivity contribution >= 4 is 12.3 Å². The lowest BCUT2D eigenvalue weighted by molar-refractivity contribution is -0.274. The van der Waals surface area contributed by atoms with Crippen molar-refractivity contribution in [2.24, 2.45) is 0 Å². The highest BCUT2D eigenvalue weighted by atomic mass is 19.4. The summed E-state index contributed by atoms with van der Waals surface area (Å²) < 4.78 is 43.8.